The molecule has 0 amide bonds. The number of nitriles is 1. The third kappa shape index (κ3) is 3.76. The van der Waals surface area contributed by atoms with E-state index in [1.54, 1.807) is 12.3 Å². The van der Waals surface area contributed by atoms with Crippen LogP contribution < -0.4 is 10.5 Å². The van der Waals surface area contributed by atoms with Crippen LogP contribution in [0.1, 0.15) is 28.2 Å². The van der Waals surface area contributed by atoms with Crippen molar-refractivity contribution in [1.82, 2.24) is 0 Å². The summed E-state index contributed by atoms with van der Waals surface area (Å²) in [7, 11) is 0. The van der Waals surface area contributed by atoms with Gasteiger partial charge in [-0.15, -0.1) is 0 Å². The number of aliphatic imine (C=N–C) groups is 1. The summed E-state index contributed by atoms with van der Waals surface area (Å²) in [4.78, 5) is 4.52. The number of nitrogens with two attached hydrogens (primary N) is 1. The molecule has 0 aliphatic carbocycles. The Morgan fingerprint density at radius 3 is 2.70 bits per heavy atom. The first-order chi connectivity index (χ1) is 14.5. The van der Waals surface area contributed by atoms with E-state index < -0.39 is 0 Å². The van der Waals surface area contributed by atoms with Crippen molar-refractivity contribution in [3.05, 3.63) is 97.9 Å². The molecule has 0 bridgehead atoms. The number of nitrogens with zero attached hydrogens (tertiary/aromatic N) is 2. The van der Waals surface area contributed by atoms with E-state index in [1.165, 1.54) is 6.07 Å². The number of para-hydroxylation sites is 1. The number of aryl methyl sites for hydroxylation is 1. The van der Waals surface area contributed by atoms with Gasteiger partial charge in [0, 0.05) is 27.0 Å². The van der Waals surface area contributed by atoms with Crippen molar-refractivity contribution < 1.29 is 9.84 Å². The van der Waals surface area contributed by atoms with Gasteiger partial charge in [-0.05, 0) is 64.9 Å². The van der Waals surface area contributed by atoms with Crippen LogP contribution in [0.15, 0.2) is 77.1 Å². The summed E-state index contributed by atoms with van der Waals surface area (Å²) in [5.41, 5.74) is 10.5. The van der Waals surface area contributed by atoms with E-state index in [0.717, 1.165) is 25.9 Å². The lowest BCUT2D eigenvalue weighted by molar-refractivity contribution is 0.388. The summed E-state index contributed by atoms with van der Waals surface area (Å²) < 4.78 is 6.71. The lowest BCUT2D eigenvalue weighted by atomic mass is 9.83. The molecule has 30 heavy (non-hydrogen) atoms. The monoisotopic (exact) mass is 507 g/mol. The quantitative estimate of drug-likeness (QED) is 0.373. The summed E-state index contributed by atoms with van der Waals surface area (Å²) in [6, 6.07) is 21.2. The number of ether oxygens (including phenoxy) is 1. The Hall–Kier alpha value is -3.31. The van der Waals surface area contributed by atoms with E-state index in [4.69, 9.17) is 10.5 Å². The van der Waals surface area contributed by atoms with Gasteiger partial charge in [0.2, 0.25) is 5.88 Å². The van der Waals surface area contributed by atoms with Gasteiger partial charge in [0.05, 0.1) is 11.6 Å². The van der Waals surface area contributed by atoms with E-state index in [9.17, 15) is 10.4 Å². The van der Waals surface area contributed by atoms with Crippen molar-refractivity contribution in [2.45, 2.75) is 12.8 Å². The Bertz CT molecular complexity index is 1240. The maximum Gasteiger partial charge on any atom is 0.205 e. The topological polar surface area (TPSA) is 91.6 Å². The van der Waals surface area contributed by atoms with Crippen molar-refractivity contribution >= 4 is 34.5 Å². The van der Waals surface area contributed by atoms with E-state index in [1.807, 2.05) is 55.5 Å². The van der Waals surface area contributed by atoms with E-state index in [0.29, 0.717) is 16.9 Å². The molecule has 3 aromatic rings. The Kier molecular flexibility index (Phi) is 5.46. The molecule has 0 fully saturated rings. The SMILES string of the molecule is Cc1ccccc1N=Cc1cc2c(cc1O)OC(N)=C(C#N)[C@@H]2c1cccc(I)c1. The molecule has 1 atom stereocenters. The normalized spacial score (nSPS) is 15.6. The van der Waals surface area contributed by atoms with Gasteiger partial charge in [-0.2, -0.15) is 5.26 Å². The van der Waals surface area contributed by atoms with E-state index >= 15 is 0 Å². The third-order valence-electron chi connectivity index (χ3n) is 5.00. The van der Waals surface area contributed by atoms with Crippen molar-refractivity contribution in [3.8, 4) is 17.6 Å². The van der Waals surface area contributed by atoms with Crippen LogP contribution >= 0.6 is 22.6 Å². The van der Waals surface area contributed by atoms with E-state index in [2.05, 4.69) is 33.7 Å². The molecule has 3 N–H and O–H groups in total. The molecule has 0 saturated heterocycles. The molecule has 6 heteroatoms. The number of halogens is 1. The first-order valence-electron chi connectivity index (χ1n) is 9.27. The molecular weight excluding hydrogens is 489 g/mol. The number of fused-ring (bicyclic) bond motifs is 1. The summed E-state index contributed by atoms with van der Waals surface area (Å²) >= 11 is 2.24. The van der Waals surface area contributed by atoms with Gasteiger partial charge in [0.25, 0.3) is 0 Å². The first kappa shape index (κ1) is 20.0. The number of allylic oxidation sites excluding steroid dienone is 1. The standard InChI is InChI=1S/C24H18IN3O2/c1-14-5-2-3-8-20(14)28-13-16-10-18-22(11-21(16)29)30-24(27)19(12-26)23(18)15-6-4-7-17(25)9-15/h2-11,13,23,29H,27H2,1H3/t23-/m1/s1. The molecule has 1 aliphatic rings. The molecule has 0 spiro atoms. The number of phenols is 1. The van der Waals surface area contributed by atoms with Crippen LogP contribution in [-0.2, 0) is 0 Å². The van der Waals surface area contributed by atoms with E-state index in [-0.39, 0.29) is 17.6 Å². The molecular formula is C24H18IN3O2. The molecule has 0 radical (unpaired) electrons. The van der Waals surface area contributed by atoms with Crippen LogP contribution in [0.4, 0.5) is 5.69 Å². The van der Waals surface area contributed by atoms with Crippen molar-refractivity contribution in [2.24, 2.45) is 10.7 Å². The Labute approximate surface area is 188 Å². The van der Waals surface area contributed by atoms with Crippen LogP contribution in [0.25, 0.3) is 0 Å². The third-order valence-corrected chi connectivity index (χ3v) is 5.68. The van der Waals surface area contributed by atoms with Crippen LogP contribution in [0.2, 0.25) is 0 Å². The molecule has 1 aliphatic heterocycles. The van der Waals surface area contributed by atoms with Crippen molar-refractivity contribution in [3.63, 3.8) is 0 Å². The molecule has 0 unspecified atom stereocenters. The number of hydrogen-bond acceptors (Lipinski definition) is 5. The smallest absolute Gasteiger partial charge is 0.205 e. The molecule has 0 aromatic heterocycles. The Morgan fingerprint density at radius 1 is 1.17 bits per heavy atom. The molecule has 3 aromatic carbocycles. The predicted octanol–water partition coefficient (Wildman–Crippen LogP) is 5.27. The number of aromatic hydroxyl groups is 1. The molecule has 4 rings (SSSR count). The maximum atomic E-state index is 10.5. The summed E-state index contributed by atoms with van der Waals surface area (Å²) in [5, 5.41) is 20.3. The van der Waals surface area contributed by atoms with Gasteiger partial charge in [0.15, 0.2) is 0 Å². The van der Waals surface area contributed by atoms with Crippen molar-refractivity contribution in [2.75, 3.05) is 0 Å². The zero-order valence-electron chi connectivity index (χ0n) is 16.1. The molecule has 1 heterocycles. The largest absolute Gasteiger partial charge is 0.507 e. The minimum Gasteiger partial charge on any atom is -0.507 e. The fourth-order valence-electron chi connectivity index (χ4n) is 3.49. The van der Waals surface area contributed by atoms with Gasteiger partial charge < -0.3 is 15.6 Å². The predicted molar refractivity (Wildman–Crippen MR) is 125 cm³/mol. The summed E-state index contributed by atoms with van der Waals surface area (Å²) in [6.07, 6.45) is 1.62. The fourth-order valence-corrected chi connectivity index (χ4v) is 4.06. The molecule has 148 valence electrons. The van der Waals surface area contributed by atoms with Gasteiger partial charge >= 0.3 is 0 Å². The highest BCUT2D eigenvalue weighted by Gasteiger charge is 2.31. The average Bonchev–Trinajstić information content (AvgIpc) is 2.72. The lowest BCUT2D eigenvalue weighted by Crippen LogP contribution is -2.21. The highest BCUT2D eigenvalue weighted by atomic mass is 127. The first-order valence-corrected chi connectivity index (χ1v) is 10.4. The maximum absolute atomic E-state index is 10.5. The van der Waals surface area contributed by atoms with Gasteiger partial charge in [-0.25, -0.2) is 0 Å². The van der Waals surface area contributed by atoms with Crippen LogP contribution in [0.5, 0.6) is 11.5 Å². The zero-order valence-corrected chi connectivity index (χ0v) is 18.3. The van der Waals surface area contributed by atoms with Crippen molar-refractivity contribution in [1.29, 1.82) is 5.26 Å². The average molecular weight is 507 g/mol. The van der Waals surface area contributed by atoms with Gasteiger partial charge in [-0.3, -0.25) is 4.99 Å². The molecule has 5 nitrogen and oxygen atoms in total. The highest BCUT2D eigenvalue weighted by Crippen LogP contribution is 2.44. The summed E-state index contributed by atoms with van der Waals surface area (Å²) in [5.74, 6) is 0.121. The van der Waals surface area contributed by atoms with Crippen LogP contribution in [0.3, 0.4) is 0 Å². The zero-order chi connectivity index (χ0) is 21.3. The second-order valence-corrected chi connectivity index (χ2v) is 8.22. The lowest BCUT2D eigenvalue weighted by Gasteiger charge is -2.27. The fraction of sp³-hybridized carbons (Fsp3) is 0.0833. The second kappa shape index (κ2) is 8.20. The van der Waals surface area contributed by atoms with Crippen LogP contribution in [0, 0.1) is 21.8 Å². The number of benzene rings is 3. The number of rotatable bonds is 3. The minimum atomic E-state index is -0.389. The molecule has 0 saturated carbocycles. The summed E-state index contributed by atoms with van der Waals surface area (Å²) in [6.45, 7) is 1.98. The number of hydrogen-bond donors (Lipinski definition) is 2. The highest BCUT2D eigenvalue weighted by molar-refractivity contribution is 14.1. The Morgan fingerprint density at radius 2 is 1.97 bits per heavy atom. The van der Waals surface area contributed by atoms with Gasteiger partial charge in [0.1, 0.15) is 23.1 Å². The second-order valence-electron chi connectivity index (χ2n) is 6.97. The minimum absolute atomic E-state index is 0.0284. The van der Waals surface area contributed by atoms with Gasteiger partial charge in [-0.1, -0.05) is 30.3 Å². The Balaban J connectivity index is 1.84. The van der Waals surface area contributed by atoms with Crippen LogP contribution in [-0.4, -0.2) is 11.3 Å². The number of phenolic OH excluding ortho intramolecular Hbond substituents is 1.